The van der Waals surface area contributed by atoms with Gasteiger partial charge in [0.1, 0.15) is 0 Å². The van der Waals surface area contributed by atoms with E-state index in [4.69, 9.17) is 5.73 Å². The van der Waals surface area contributed by atoms with Crippen molar-refractivity contribution in [2.24, 2.45) is 22.6 Å². The third-order valence-corrected chi connectivity index (χ3v) is 4.69. The van der Waals surface area contributed by atoms with Gasteiger partial charge in [-0.05, 0) is 50.6 Å². The molecule has 2 rings (SSSR count). The van der Waals surface area contributed by atoms with Crippen LogP contribution in [0.15, 0.2) is 4.99 Å². The van der Waals surface area contributed by atoms with Crippen molar-refractivity contribution in [3.8, 4) is 0 Å². The molecule has 21 heavy (non-hydrogen) atoms. The molecule has 1 atom stereocenters. The smallest absolute Gasteiger partial charge is 0.191 e. The monoisotopic (exact) mass is 408 g/mol. The zero-order chi connectivity index (χ0) is 14.4. The predicted octanol–water partition coefficient (Wildman–Crippen LogP) is 2.77. The van der Waals surface area contributed by atoms with E-state index in [1.807, 2.05) is 0 Å². The number of hydrogen-bond donors (Lipinski definition) is 1. The van der Waals surface area contributed by atoms with E-state index in [2.05, 4.69) is 28.6 Å². The SMILES string of the molecule is CC1CCN(C(N)=NCC(C)CN2CCCCC2)CC1.I. The molecule has 0 aromatic rings. The Hall–Kier alpha value is -0.0400. The van der Waals surface area contributed by atoms with Crippen molar-refractivity contribution in [1.82, 2.24) is 9.80 Å². The zero-order valence-corrected chi connectivity index (χ0v) is 16.1. The van der Waals surface area contributed by atoms with Crippen molar-refractivity contribution in [2.45, 2.75) is 46.0 Å². The number of nitrogens with two attached hydrogens (primary N) is 1. The Morgan fingerprint density at radius 3 is 2.38 bits per heavy atom. The largest absolute Gasteiger partial charge is 0.370 e. The summed E-state index contributed by atoms with van der Waals surface area (Å²) in [6.07, 6.45) is 6.64. The molecular weight excluding hydrogens is 375 g/mol. The van der Waals surface area contributed by atoms with E-state index in [1.54, 1.807) is 0 Å². The average Bonchev–Trinajstić information content (AvgIpc) is 2.46. The quantitative estimate of drug-likeness (QED) is 0.442. The normalized spacial score (nSPS) is 23.7. The first kappa shape index (κ1) is 19.0. The molecule has 5 heteroatoms. The van der Waals surface area contributed by atoms with Gasteiger partial charge in [0.25, 0.3) is 0 Å². The molecule has 0 aromatic heterocycles. The van der Waals surface area contributed by atoms with Gasteiger partial charge in [-0.25, -0.2) is 0 Å². The highest BCUT2D eigenvalue weighted by Crippen LogP contribution is 2.16. The van der Waals surface area contributed by atoms with Crippen LogP contribution in [0.3, 0.4) is 0 Å². The molecule has 1 unspecified atom stereocenters. The van der Waals surface area contributed by atoms with Crippen LogP contribution in [-0.2, 0) is 0 Å². The molecule has 2 saturated heterocycles. The summed E-state index contributed by atoms with van der Waals surface area (Å²) in [6, 6.07) is 0. The first-order chi connectivity index (χ1) is 9.65. The maximum absolute atomic E-state index is 6.14. The number of rotatable bonds is 4. The van der Waals surface area contributed by atoms with Gasteiger partial charge in [-0.3, -0.25) is 4.99 Å². The summed E-state index contributed by atoms with van der Waals surface area (Å²) in [7, 11) is 0. The molecule has 2 aliphatic heterocycles. The van der Waals surface area contributed by atoms with E-state index in [1.165, 1.54) is 51.7 Å². The Morgan fingerprint density at radius 2 is 1.76 bits per heavy atom. The van der Waals surface area contributed by atoms with E-state index in [0.29, 0.717) is 5.92 Å². The number of nitrogens with zero attached hydrogens (tertiary/aromatic N) is 3. The van der Waals surface area contributed by atoms with Crippen LogP contribution in [0, 0.1) is 11.8 Å². The molecule has 4 nitrogen and oxygen atoms in total. The van der Waals surface area contributed by atoms with E-state index in [9.17, 15) is 0 Å². The molecule has 2 fully saturated rings. The number of piperidine rings is 2. The van der Waals surface area contributed by atoms with Gasteiger partial charge in [0.2, 0.25) is 0 Å². The van der Waals surface area contributed by atoms with Crippen LogP contribution in [-0.4, -0.2) is 55.0 Å². The maximum Gasteiger partial charge on any atom is 0.191 e. The third kappa shape index (κ3) is 6.72. The van der Waals surface area contributed by atoms with Gasteiger partial charge in [-0.1, -0.05) is 20.3 Å². The minimum atomic E-state index is 0. The van der Waals surface area contributed by atoms with Gasteiger partial charge in [0, 0.05) is 26.2 Å². The predicted molar refractivity (Wildman–Crippen MR) is 101 cm³/mol. The van der Waals surface area contributed by atoms with Crippen LogP contribution in [0.2, 0.25) is 0 Å². The van der Waals surface area contributed by atoms with E-state index in [0.717, 1.165) is 31.5 Å². The van der Waals surface area contributed by atoms with E-state index in [-0.39, 0.29) is 24.0 Å². The Labute approximate surface area is 147 Å². The van der Waals surface area contributed by atoms with Crippen LogP contribution < -0.4 is 5.73 Å². The fourth-order valence-corrected chi connectivity index (χ4v) is 3.23. The fourth-order valence-electron chi connectivity index (χ4n) is 3.23. The Morgan fingerprint density at radius 1 is 1.14 bits per heavy atom. The topological polar surface area (TPSA) is 44.9 Å². The first-order valence-electron chi connectivity index (χ1n) is 8.42. The van der Waals surface area contributed by atoms with Gasteiger partial charge in [-0.15, -0.1) is 24.0 Å². The summed E-state index contributed by atoms with van der Waals surface area (Å²) in [6.45, 7) is 11.4. The van der Waals surface area contributed by atoms with Crippen molar-refractivity contribution in [1.29, 1.82) is 0 Å². The summed E-state index contributed by atoms with van der Waals surface area (Å²) in [5.41, 5.74) is 6.14. The van der Waals surface area contributed by atoms with Crippen molar-refractivity contribution >= 4 is 29.9 Å². The molecule has 0 aromatic carbocycles. The van der Waals surface area contributed by atoms with Gasteiger partial charge in [-0.2, -0.15) is 0 Å². The minimum absolute atomic E-state index is 0. The molecule has 2 heterocycles. The second-order valence-corrected chi connectivity index (χ2v) is 6.83. The molecule has 2 aliphatic rings. The molecule has 0 spiro atoms. The van der Waals surface area contributed by atoms with Crippen molar-refractivity contribution in [3.63, 3.8) is 0 Å². The number of aliphatic imine (C=N–C) groups is 1. The molecule has 0 aliphatic carbocycles. The Kier molecular flexibility index (Phi) is 8.94. The van der Waals surface area contributed by atoms with E-state index >= 15 is 0 Å². The van der Waals surface area contributed by atoms with Crippen LogP contribution in [0.4, 0.5) is 0 Å². The van der Waals surface area contributed by atoms with Crippen LogP contribution in [0.1, 0.15) is 46.0 Å². The molecular formula is C16H33IN4. The summed E-state index contributed by atoms with van der Waals surface area (Å²) >= 11 is 0. The number of halogens is 1. The Bertz CT molecular complexity index is 307. The molecule has 0 bridgehead atoms. The zero-order valence-electron chi connectivity index (χ0n) is 13.8. The summed E-state index contributed by atoms with van der Waals surface area (Å²) in [5.74, 6) is 2.22. The van der Waals surface area contributed by atoms with Gasteiger partial charge in [0.15, 0.2) is 5.96 Å². The van der Waals surface area contributed by atoms with Crippen molar-refractivity contribution < 1.29 is 0 Å². The standard InChI is InChI=1S/C16H32N4.HI/c1-14-6-10-20(11-7-14)16(17)18-12-15(2)13-19-8-4-3-5-9-19;/h14-15H,3-13H2,1-2H3,(H2,17,18);1H. The highest BCUT2D eigenvalue weighted by Gasteiger charge is 2.17. The lowest BCUT2D eigenvalue weighted by Gasteiger charge is -2.31. The first-order valence-corrected chi connectivity index (χ1v) is 8.42. The van der Waals surface area contributed by atoms with Crippen LogP contribution in [0.25, 0.3) is 0 Å². The fraction of sp³-hybridized carbons (Fsp3) is 0.938. The lowest BCUT2D eigenvalue weighted by molar-refractivity contribution is 0.202. The highest BCUT2D eigenvalue weighted by molar-refractivity contribution is 14.0. The molecule has 0 radical (unpaired) electrons. The molecule has 0 saturated carbocycles. The van der Waals surface area contributed by atoms with E-state index < -0.39 is 0 Å². The summed E-state index contributed by atoms with van der Waals surface area (Å²) < 4.78 is 0. The number of hydrogen-bond acceptors (Lipinski definition) is 2. The van der Waals surface area contributed by atoms with Crippen LogP contribution >= 0.6 is 24.0 Å². The minimum Gasteiger partial charge on any atom is -0.370 e. The lowest BCUT2D eigenvalue weighted by atomic mass is 10.00. The van der Waals surface area contributed by atoms with Gasteiger partial charge < -0.3 is 15.5 Å². The number of guanidine groups is 1. The summed E-state index contributed by atoms with van der Waals surface area (Å²) in [4.78, 5) is 9.48. The second-order valence-electron chi connectivity index (χ2n) is 6.83. The van der Waals surface area contributed by atoms with Gasteiger partial charge >= 0.3 is 0 Å². The number of likely N-dealkylation sites (tertiary alicyclic amines) is 2. The van der Waals surface area contributed by atoms with Gasteiger partial charge in [0.05, 0.1) is 0 Å². The summed E-state index contributed by atoms with van der Waals surface area (Å²) in [5, 5.41) is 0. The third-order valence-electron chi connectivity index (χ3n) is 4.69. The average molecular weight is 408 g/mol. The second kappa shape index (κ2) is 9.87. The maximum atomic E-state index is 6.14. The molecule has 2 N–H and O–H groups in total. The van der Waals surface area contributed by atoms with Crippen molar-refractivity contribution in [3.05, 3.63) is 0 Å². The molecule has 0 amide bonds. The Balaban J connectivity index is 0.00000220. The van der Waals surface area contributed by atoms with Crippen molar-refractivity contribution in [2.75, 3.05) is 39.3 Å². The highest BCUT2D eigenvalue weighted by atomic mass is 127. The lowest BCUT2D eigenvalue weighted by Crippen LogP contribution is -2.43. The molecule has 124 valence electrons. The van der Waals surface area contributed by atoms with Crippen LogP contribution in [0.5, 0.6) is 0 Å².